The smallest absolute Gasteiger partial charge is 0.307 e. The highest BCUT2D eigenvalue weighted by Gasteiger charge is 1.98. The van der Waals surface area contributed by atoms with Crippen LogP contribution >= 0.6 is 0 Å². The van der Waals surface area contributed by atoms with Gasteiger partial charge in [-0.25, -0.2) is 0 Å². The third kappa shape index (κ3) is 2.42. The molecule has 0 aliphatic heterocycles. The summed E-state index contributed by atoms with van der Waals surface area (Å²) in [5.41, 5.74) is 0.986. The molecule has 2 heteroatoms. The second kappa shape index (κ2) is 3.19. The summed E-state index contributed by atoms with van der Waals surface area (Å²) in [6.07, 6.45) is -0.251. The van der Waals surface area contributed by atoms with Crippen LogP contribution in [0.25, 0.3) is 0 Å². The number of benzene rings is 1. The van der Waals surface area contributed by atoms with Gasteiger partial charge in [-0.2, -0.15) is 0 Å². The zero-order valence-corrected chi connectivity index (χ0v) is 6.22. The van der Waals surface area contributed by atoms with Gasteiger partial charge in [0, 0.05) is 0 Å². The first-order chi connectivity index (χ1) is 6.02. The number of carboxylic acid groups (broad SMARTS) is 1. The van der Waals surface area contributed by atoms with Crippen molar-refractivity contribution >= 4 is 5.97 Å². The molecule has 0 heterocycles. The van der Waals surface area contributed by atoms with Crippen LogP contribution in [0.4, 0.5) is 0 Å². The predicted molar refractivity (Wildman–Crippen MR) is 42.5 cm³/mol. The van der Waals surface area contributed by atoms with Crippen LogP contribution in [0.2, 0.25) is 0 Å². The van der Waals surface area contributed by atoms with Crippen LogP contribution in [0.5, 0.6) is 0 Å². The molecule has 0 spiro atoms. The van der Waals surface area contributed by atoms with Crippen molar-refractivity contribution in [3.8, 4) is 0 Å². The van der Waals surface area contributed by atoms with Crippen LogP contribution in [0.15, 0.2) is 24.2 Å². The maximum absolute atomic E-state index is 10.4. The lowest BCUT2D eigenvalue weighted by molar-refractivity contribution is -0.136. The van der Waals surface area contributed by atoms with Gasteiger partial charge in [-0.1, -0.05) is 29.8 Å². The summed E-state index contributed by atoms with van der Waals surface area (Å²) in [6.45, 7) is 1.73. The van der Waals surface area contributed by atoms with E-state index in [-0.39, 0.29) is 24.1 Å². The minimum absolute atomic E-state index is 0.123. The summed E-state index contributed by atoms with van der Waals surface area (Å²) >= 11 is 0. The van der Waals surface area contributed by atoms with E-state index >= 15 is 0 Å². The van der Waals surface area contributed by atoms with Crippen LogP contribution in [0.3, 0.4) is 0 Å². The quantitative estimate of drug-likeness (QED) is 0.699. The van der Waals surface area contributed by atoms with Gasteiger partial charge in [-0.05, 0) is 12.5 Å². The summed E-state index contributed by atoms with van der Waals surface area (Å²) in [4.78, 5) is 10.4. The van der Waals surface area contributed by atoms with Crippen molar-refractivity contribution in [1.29, 1.82) is 0 Å². The molecule has 0 saturated carbocycles. The Balaban J connectivity index is 3.17. The van der Waals surface area contributed by atoms with Gasteiger partial charge in [0.15, 0.2) is 0 Å². The minimum Gasteiger partial charge on any atom is -0.481 e. The summed E-state index contributed by atoms with van der Waals surface area (Å²) in [5, 5.41) is 8.54. The normalized spacial score (nSPS) is 12.1. The Labute approximate surface area is 68.3 Å². The molecule has 0 aliphatic carbocycles. The van der Waals surface area contributed by atoms with Crippen molar-refractivity contribution in [2.24, 2.45) is 0 Å². The molecule has 0 radical (unpaired) electrons. The highest BCUT2D eigenvalue weighted by atomic mass is 16.4. The van der Waals surface area contributed by atoms with Gasteiger partial charge in [0.05, 0.1) is 9.16 Å². The fourth-order valence-electron chi connectivity index (χ4n) is 0.829. The number of aryl methyl sites for hydroxylation is 1. The second-order valence-corrected chi connectivity index (χ2v) is 2.33. The van der Waals surface area contributed by atoms with Crippen molar-refractivity contribution in [3.05, 3.63) is 35.3 Å². The molecule has 0 saturated heterocycles. The van der Waals surface area contributed by atoms with E-state index in [9.17, 15) is 4.79 Å². The minimum atomic E-state index is -1.01. The molecule has 0 amide bonds. The van der Waals surface area contributed by atoms with Gasteiger partial charge in [0.25, 0.3) is 0 Å². The molecule has 0 unspecified atom stereocenters. The zero-order chi connectivity index (χ0) is 10.0. The zero-order valence-electron chi connectivity index (χ0n) is 8.22. The lowest BCUT2D eigenvalue weighted by Crippen LogP contribution is -1.99. The Morgan fingerprint density at radius 2 is 2.55 bits per heavy atom. The van der Waals surface area contributed by atoms with E-state index in [2.05, 4.69) is 0 Å². The number of carbonyl (C=O) groups is 1. The lowest BCUT2D eigenvalue weighted by atomic mass is 10.1. The van der Waals surface area contributed by atoms with Gasteiger partial charge < -0.3 is 5.11 Å². The number of rotatable bonds is 2. The first kappa shape index (κ1) is 5.35. The molecule has 1 aromatic rings. The monoisotopic (exact) mass is 152 g/mol. The van der Waals surface area contributed by atoms with E-state index in [4.69, 9.17) is 7.85 Å². The molecular formula is C9H10O2. The Morgan fingerprint density at radius 3 is 3.18 bits per heavy atom. The summed E-state index contributed by atoms with van der Waals surface area (Å²) < 4.78 is 15.0. The third-order valence-corrected chi connectivity index (χ3v) is 1.27. The van der Waals surface area contributed by atoms with E-state index < -0.39 is 5.97 Å². The predicted octanol–water partition coefficient (Wildman–Crippen LogP) is 1.62. The topological polar surface area (TPSA) is 37.3 Å². The second-order valence-electron chi connectivity index (χ2n) is 2.33. The Morgan fingerprint density at radius 1 is 1.82 bits per heavy atom. The van der Waals surface area contributed by atoms with Gasteiger partial charge in [-0.3, -0.25) is 4.79 Å². The third-order valence-electron chi connectivity index (χ3n) is 1.27. The van der Waals surface area contributed by atoms with Gasteiger partial charge >= 0.3 is 5.97 Å². The van der Waals surface area contributed by atoms with E-state index in [0.717, 1.165) is 0 Å². The van der Waals surface area contributed by atoms with Crippen molar-refractivity contribution in [2.75, 3.05) is 0 Å². The number of hydrogen-bond donors (Lipinski definition) is 1. The molecule has 0 aliphatic rings. The SMILES string of the molecule is [2H]c1ccc(C)c([2H])c1CC(=O)O. The molecule has 1 aromatic carbocycles. The summed E-state index contributed by atoms with van der Waals surface area (Å²) in [7, 11) is 0. The van der Waals surface area contributed by atoms with Gasteiger partial charge in [0.2, 0.25) is 0 Å². The molecule has 2 nitrogen and oxygen atoms in total. The van der Waals surface area contributed by atoms with Crippen molar-refractivity contribution < 1.29 is 12.6 Å². The van der Waals surface area contributed by atoms with E-state index in [1.807, 2.05) is 0 Å². The largest absolute Gasteiger partial charge is 0.481 e. The van der Waals surface area contributed by atoms with Gasteiger partial charge in [-0.15, -0.1) is 0 Å². The molecule has 1 rings (SSSR count). The number of carboxylic acids is 1. The highest BCUT2D eigenvalue weighted by Crippen LogP contribution is 2.03. The molecule has 0 aromatic heterocycles. The molecule has 0 fully saturated rings. The van der Waals surface area contributed by atoms with E-state index in [1.54, 1.807) is 13.0 Å². The van der Waals surface area contributed by atoms with Crippen LogP contribution in [0.1, 0.15) is 13.9 Å². The average molecular weight is 152 g/mol. The van der Waals surface area contributed by atoms with E-state index in [0.29, 0.717) is 5.56 Å². The summed E-state index contributed by atoms with van der Waals surface area (Å²) in [5.74, 6) is -1.01. The Bertz CT molecular complexity index is 348. The van der Waals surface area contributed by atoms with Gasteiger partial charge in [0.1, 0.15) is 0 Å². The van der Waals surface area contributed by atoms with Crippen LogP contribution in [0, 0.1) is 6.92 Å². The Hall–Kier alpha value is -1.31. The first-order valence-electron chi connectivity index (χ1n) is 4.30. The Kier molecular flexibility index (Phi) is 1.55. The standard InChI is InChI=1S/C9H10O2/c1-7-3-2-4-8(5-7)6-9(10)11/h2-5H,6H2,1H3,(H,10,11)/i4D,5D. The summed E-state index contributed by atoms with van der Waals surface area (Å²) in [6, 6.07) is 3.45. The maximum Gasteiger partial charge on any atom is 0.307 e. The lowest BCUT2D eigenvalue weighted by Gasteiger charge is -1.96. The molecule has 0 bridgehead atoms. The average Bonchev–Trinajstić information content (AvgIpc) is 2.05. The van der Waals surface area contributed by atoms with Crippen LogP contribution in [-0.4, -0.2) is 11.1 Å². The highest BCUT2D eigenvalue weighted by molar-refractivity contribution is 5.70. The number of hydrogen-bond acceptors (Lipinski definition) is 1. The van der Waals surface area contributed by atoms with Crippen molar-refractivity contribution in [2.45, 2.75) is 13.3 Å². The number of aliphatic carboxylic acids is 1. The van der Waals surface area contributed by atoms with Crippen LogP contribution in [-0.2, 0) is 11.2 Å². The molecule has 11 heavy (non-hydrogen) atoms. The molecular weight excluding hydrogens is 140 g/mol. The van der Waals surface area contributed by atoms with E-state index in [1.165, 1.54) is 6.07 Å². The maximum atomic E-state index is 10.4. The molecule has 0 atom stereocenters. The van der Waals surface area contributed by atoms with Crippen molar-refractivity contribution in [1.82, 2.24) is 0 Å². The molecule has 58 valence electrons. The fraction of sp³-hybridized carbons (Fsp3) is 0.222. The molecule has 1 N–H and O–H groups in total. The van der Waals surface area contributed by atoms with Crippen molar-refractivity contribution in [3.63, 3.8) is 0 Å². The first-order valence-corrected chi connectivity index (χ1v) is 3.30. The van der Waals surface area contributed by atoms with Crippen LogP contribution < -0.4 is 0 Å². The fourth-order valence-corrected chi connectivity index (χ4v) is 0.829.